The summed E-state index contributed by atoms with van der Waals surface area (Å²) in [4.78, 5) is 11.4. The Bertz CT molecular complexity index is 344. The normalized spacial score (nSPS) is 10.7. The summed E-state index contributed by atoms with van der Waals surface area (Å²) in [5.41, 5.74) is 6.24. The number of hydrogen-bond donors (Lipinski definition) is 1. The molecule has 0 atom stereocenters. The molecule has 1 aromatic heterocycles. The topological polar surface area (TPSA) is 70.1 Å². The third-order valence-corrected chi connectivity index (χ3v) is 1.81. The fraction of sp³-hybridized carbons (Fsp3) is 0.600. The van der Waals surface area contributed by atoms with Gasteiger partial charge in [0.2, 0.25) is 0 Å². The Morgan fingerprint density at radius 1 is 1.67 bits per heavy atom. The van der Waals surface area contributed by atoms with Gasteiger partial charge in [0.05, 0.1) is 12.3 Å². The van der Waals surface area contributed by atoms with Crippen LogP contribution in [0, 0.1) is 5.92 Å². The Morgan fingerprint density at radius 3 is 2.87 bits per heavy atom. The van der Waals surface area contributed by atoms with Gasteiger partial charge in [0, 0.05) is 12.7 Å². The Hall–Kier alpha value is -1.52. The standard InChI is InChI=1S/C10H17N3O2/c1-4-15-10(14)9-8(11)6-13(12-9)5-7(2)3/h6-7H,4-5,11H2,1-3H3. The summed E-state index contributed by atoms with van der Waals surface area (Å²) in [5.74, 6) is -0.00292. The molecule has 0 aliphatic carbocycles. The Labute approximate surface area is 89.2 Å². The first kappa shape index (κ1) is 11.6. The molecule has 0 aliphatic rings. The molecule has 0 saturated carbocycles. The van der Waals surface area contributed by atoms with Crippen molar-refractivity contribution >= 4 is 11.7 Å². The maximum Gasteiger partial charge on any atom is 0.361 e. The summed E-state index contributed by atoms with van der Waals surface area (Å²) in [7, 11) is 0. The maximum atomic E-state index is 11.4. The average molecular weight is 211 g/mol. The minimum atomic E-state index is -0.461. The number of carbonyl (C=O) groups excluding carboxylic acids is 1. The first-order valence-corrected chi connectivity index (χ1v) is 5.04. The maximum absolute atomic E-state index is 11.4. The largest absolute Gasteiger partial charge is 0.461 e. The average Bonchev–Trinajstić information content (AvgIpc) is 2.46. The van der Waals surface area contributed by atoms with Crippen LogP contribution in [-0.2, 0) is 11.3 Å². The van der Waals surface area contributed by atoms with Gasteiger partial charge in [0.1, 0.15) is 0 Å². The van der Waals surface area contributed by atoms with E-state index in [1.165, 1.54) is 0 Å². The molecule has 0 bridgehead atoms. The van der Waals surface area contributed by atoms with Crippen LogP contribution in [-0.4, -0.2) is 22.4 Å². The molecule has 5 heteroatoms. The summed E-state index contributed by atoms with van der Waals surface area (Å²) >= 11 is 0. The highest BCUT2D eigenvalue weighted by Gasteiger charge is 2.15. The van der Waals surface area contributed by atoms with Crippen molar-refractivity contribution in [3.8, 4) is 0 Å². The van der Waals surface area contributed by atoms with E-state index in [0.29, 0.717) is 18.2 Å². The number of anilines is 1. The molecule has 2 N–H and O–H groups in total. The lowest BCUT2D eigenvalue weighted by molar-refractivity contribution is 0.0519. The third-order valence-electron chi connectivity index (χ3n) is 1.81. The van der Waals surface area contributed by atoms with Gasteiger partial charge in [0.15, 0.2) is 5.69 Å². The zero-order chi connectivity index (χ0) is 11.4. The van der Waals surface area contributed by atoms with Crippen molar-refractivity contribution in [1.29, 1.82) is 0 Å². The molecule has 0 amide bonds. The number of aromatic nitrogens is 2. The van der Waals surface area contributed by atoms with Gasteiger partial charge in [-0.3, -0.25) is 4.68 Å². The van der Waals surface area contributed by atoms with Crippen molar-refractivity contribution in [3.05, 3.63) is 11.9 Å². The van der Waals surface area contributed by atoms with Gasteiger partial charge in [-0.05, 0) is 12.8 Å². The van der Waals surface area contributed by atoms with E-state index < -0.39 is 5.97 Å². The lowest BCUT2D eigenvalue weighted by Gasteiger charge is -2.03. The fourth-order valence-corrected chi connectivity index (χ4v) is 1.26. The summed E-state index contributed by atoms with van der Waals surface area (Å²) in [6.45, 7) is 6.96. The van der Waals surface area contributed by atoms with Gasteiger partial charge >= 0.3 is 5.97 Å². The number of rotatable bonds is 4. The van der Waals surface area contributed by atoms with Gasteiger partial charge < -0.3 is 10.5 Å². The lowest BCUT2D eigenvalue weighted by atomic mass is 10.2. The molecule has 0 fully saturated rings. The molecule has 84 valence electrons. The molecule has 1 aromatic rings. The molecule has 1 rings (SSSR count). The summed E-state index contributed by atoms with van der Waals surface area (Å²) < 4.78 is 6.51. The summed E-state index contributed by atoms with van der Waals surface area (Å²) in [5, 5.41) is 4.09. The minimum absolute atomic E-state index is 0.206. The molecular formula is C10H17N3O2. The monoisotopic (exact) mass is 211 g/mol. The van der Waals surface area contributed by atoms with Crippen LogP contribution < -0.4 is 5.73 Å². The molecule has 0 unspecified atom stereocenters. The number of hydrogen-bond acceptors (Lipinski definition) is 4. The Morgan fingerprint density at radius 2 is 2.33 bits per heavy atom. The van der Waals surface area contributed by atoms with Gasteiger partial charge in [-0.25, -0.2) is 4.79 Å². The van der Waals surface area contributed by atoms with Crippen LogP contribution in [0.5, 0.6) is 0 Å². The van der Waals surface area contributed by atoms with Gasteiger partial charge in [-0.1, -0.05) is 13.8 Å². The van der Waals surface area contributed by atoms with E-state index in [-0.39, 0.29) is 5.69 Å². The van der Waals surface area contributed by atoms with E-state index >= 15 is 0 Å². The van der Waals surface area contributed by atoms with Crippen LogP contribution in [0.25, 0.3) is 0 Å². The first-order chi connectivity index (χ1) is 7.04. The van der Waals surface area contributed by atoms with Gasteiger partial charge in [0.25, 0.3) is 0 Å². The van der Waals surface area contributed by atoms with E-state index in [2.05, 4.69) is 18.9 Å². The smallest absolute Gasteiger partial charge is 0.361 e. The first-order valence-electron chi connectivity index (χ1n) is 5.04. The van der Waals surface area contributed by atoms with Crippen LogP contribution >= 0.6 is 0 Å². The predicted octanol–water partition coefficient (Wildman–Crippen LogP) is 1.30. The highest BCUT2D eigenvalue weighted by atomic mass is 16.5. The Balaban J connectivity index is 2.81. The quantitative estimate of drug-likeness (QED) is 0.762. The third kappa shape index (κ3) is 2.97. The highest BCUT2D eigenvalue weighted by molar-refractivity contribution is 5.92. The van der Waals surface area contributed by atoms with Crippen LogP contribution in [0.15, 0.2) is 6.20 Å². The number of ether oxygens (including phenoxy) is 1. The second kappa shape index (κ2) is 4.82. The molecule has 0 saturated heterocycles. The summed E-state index contributed by atoms with van der Waals surface area (Å²) in [6, 6.07) is 0. The Kier molecular flexibility index (Phi) is 3.71. The van der Waals surface area contributed by atoms with Gasteiger partial charge in [-0.15, -0.1) is 0 Å². The molecule has 0 aromatic carbocycles. The predicted molar refractivity (Wildman–Crippen MR) is 57.4 cm³/mol. The van der Waals surface area contributed by atoms with Crippen molar-refractivity contribution in [2.75, 3.05) is 12.3 Å². The van der Waals surface area contributed by atoms with Crippen molar-refractivity contribution < 1.29 is 9.53 Å². The lowest BCUT2D eigenvalue weighted by Crippen LogP contribution is -2.10. The number of carbonyl (C=O) groups is 1. The number of nitrogen functional groups attached to an aromatic ring is 1. The van der Waals surface area contributed by atoms with Crippen molar-refractivity contribution in [2.24, 2.45) is 5.92 Å². The van der Waals surface area contributed by atoms with Crippen molar-refractivity contribution in [3.63, 3.8) is 0 Å². The molecule has 0 aliphatic heterocycles. The van der Waals surface area contributed by atoms with Crippen LogP contribution in [0.3, 0.4) is 0 Å². The molecule has 15 heavy (non-hydrogen) atoms. The molecule has 0 radical (unpaired) electrons. The van der Waals surface area contributed by atoms with E-state index in [4.69, 9.17) is 10.5 Å². The van der Waals surface area contributed by atoms with Crippen LogP contribution in [0.2, 0.25) is 0 Å². The second-order valence-corrected chi connectivity index (χ2v) is 3.77. The molecule has 1 heterocycles. The number of nitrogens with two attached hydrogens (primary N) is 1. The fourth-order valence-electron chi connectivity index (χ4n) is 1.26. The van der Waals surface area contributed by atoms with E-state index in [1.807, 2.05) is 0 Å². The molecular weight excluding hydrogens is 194 g/mol. The zero-order valence-electron chi connectivity index (χ0n) is 9.36. The highest BCUT2D eigenvalue weighted by Crippen LogP contribution is 2.11. The van der Waals surface area contributed by atoms with E-state index in [0.717, 1.165) is 6.54 Å². The van der Waals surface area contributed by atoms with E-state index in [1.54, 1.807) is 17.8 Å². The van der Waals surface area contributed by atoms with Crippen LogP contribution in [0.4, 0.5) is 5.69 Å². The SMILES string of the molecule is CCOC(=O)c1nn(CC(C)C)cc1N. The minimum Gasteiger partial charge on any atom is -0.461 e. The number of esters is 1. The van der Waals surface area contributed by atoms with Crippen molar-refractivity contribution in [1.82, 2.24) is 9.78 Å². The van der Waals surface area contributed by atoms with Crippen molar-refractivity contribution in [2.45, 2.75) is 27.3 Å². The van der Waals surface area contributed by atoms with Crippen LogP contribution in [0.1, 0.15) is 31.3 Å². The number of nitrogens with zero attached hydrogens (tertiary/aromatic N) is 2. The zero-order valence-corrected chi connectivity index (χ0v) is 9.36. The second-order valence-electron chi connectivity index (χ2n) is 3.77. The molecule has 0 spiro atoms. The summed E-state index contributed by atoms with van der Waals surface area (Å²) in [6.07, 6.45) is 1.66. The molecule has 5 nitrogen and oxygen atoms in total. The van der Waals surface area contributed by atoms with Gasteiger partial charge in [-0.2, -0.15) is 5.10 Å². The van der Waals surface area contributed by atoms with E-state index in [9.17, 15) is 4.79 Å².